The van der Waals surface area contributed by atoms with E-state index in [0.717, 1.165) is 0 Å². The van der Waals surface area contributed by atoms with Gasteiger partial charge in [0, 0.05) is 6.07 Å². The average Bonchev–Trinajstić information content (AvgIpc) is 2.36. The highest BCUT2D eigenvalue weighted by Gasteiger charge is 2.15. The van der Waals surface area contributed by atoms with Crippen molar-refractivity contribution in [3.8, 4) is 11.5 Å². The van der Waals surface area contributed by atoms with E-state index in [-0.39, 0.29) is 27.2 Å². The van der Waals surface area contributed by atoms with Crippen LogP contribution in [-0.2, 0) is 0 Å². The van der Waals surface area contributed by atoms with Crippen molar-refractivity contribution >= 4 is 29.1 Å². The van der Waals surface area contributed by atoms with E-state index >= 15 is 0 Å². The molecule has 104 valence electrons. The van der Waals surface area contributed by atoms with Crippen molar-refractivity contribution in [2.45, 2.75) is 6.92 Å². The van der Waals surface area contributed by atoms with Gasteiger partial charge in [-0.2, -0.15) is 0 Å². The largest absolute Gasteiger partial charge is 0.456 e. The fraction of sp³-hybridized carbons (Fsp3) is 0.0714. The Kier molecular flexibility index (Phi) is 4.16. The molecule has 2 aromatic rings. The Morgan fingerprint density at radius 2 is 1.80 bits per heavy atom. The smallest absolute Gasteiger partial charge is 0.252 e. The van der Waals surface area contributed by atoms with E-state index in [1.165, 1.54) is 30.3 Å². The number of amides is 1. The lowest BCUT2D eigenvalue weighted by Gasteiger charge is -2.12. The molecule has 2 aromatic carbocycles. The van der Waals surface area contributed by atoms with Gasteiger partial charge in [0.25, 0.3) is 5.91 Å². The molecule has 20 heavy (non-hydrogen) atoms. The molecular formula is C14H10Cl2FNO2. The molecule has 0 unspecified atom stereocenters. The number of carbonyl (C=O) groups excluding carboxylic acids is 1. The van der Waals surface area contributed by atoms with E-state index in [9.17, 15) is 9.18 Å². The third kappa shape index (κ3) is 3.03. The van der Waals surface area contributed by atoms with Crippen LogP contribution in [0.5, 0.6) is 11.5 Å². The predicted octanol–water partition coefficient (Wildman–Crippen LogP) is 4.33. The van der Waals surface area contributed by atoms with E-state index in [1.54, 1.807) is 6.92 Å². The van der Waals surface area contributed by atoms with Crippen LogP contribution in [0.4, 0.5) is 4.39 Å². The minimum Gasteiger partial charge on any atom is -0.456 e. The fourth-order valence-corrected chi connectivity index (χ4v) is 1.97. The first-order valence-corrected chi connectivity index (χ1v) is 6.37. The van der Waals surface area contributed by atoms with Crippen LogP contribution < -0.4 is 10.5 Å². The van der Waals surface area contributed by atoms with Crippen molar-refractivity contribution in [1.29, 1.82) is 0 Å². The van der Waals surface area contributed by atoms with E-state index < -0.39 is 5.91 Å². The maximum absolute atomic E-state index is 13.0. The number of primary amides is 1. The lowest BCUT2D eigenvalue weighted by Crippen LogP contribution is -2.12. The summed E-state index contributed by atoms with van der Waals surface area (Å²) >= 11 is 11.7. The predicted molar refractivity (Wildman–Crippen MR) is 76.2 cm³/mol. The zero-order valence-corrected chi connectivity index (χ0v) is 11.9. The van der Waals surface area contributed by atoms with Crippen LogP contribution in [0.25, 0.3) is 0 Å². The topological polar surface area (TPSA) is 52.3 Å². The SMILES string of the molecule is Cc1cc(F)ccc1Oc1cc(Cl)c(Cl)cc1C(N)=O. The van der Waals surface area contributed by atoms with Crippen LogP contribution in [-0.4, -0.2) is 5.91 Å². The Balaban J connectivity index is 2.47. The van der Waals surface area contributed by atoms with Gasteiger partial charge < -0.3 is 10.5 Å². The molecule has 2 rings (SSSR count). The lowest BCUT2D eigenvalue weighted by atomic mass is 10.1. The van der Waals surface area contributed by atoms with Crippen LogP contribution in [0.1, 0.15) is 15.9 Å². The molecule has 0 aromatic heterocycles. The Hall–Kier alpha value is -1.78. The Morgan fingerprint density at radius 3 is 2.40 bits per heavy atom. The maximum atomic E-state index is 13.0. The van der Waals surface area contributed by atoms with Crippen molar-refractivity contribution in [3.05, 3.63) is 57.3 Å². The van der Waals surface area contributed by atoms with E-state index in [1.807, 2.05) is 0 Å². The van der Waals surface area contributed by atoms with E-state index in [2.05, 4.69) is 0 Å². The van der Waals surface area contributed by atoms with Crippen molar-refractivity contribution in [2.24, 2.45) is 5.73 Å². The molecule has 0 saturated heterocycles. The number of hydrogen-bond acceptors (Lipinski definition) is 2. The molecule has 0 heterocycles. The van der Waals surface area contributed by atoms with Crippen LogP contribution in [0, 0.1) is 12.7 Å². The van der Waals surface area contributed by atoms with Gasteiger partial charge in [0.2, 0.25) is 0 Å². The summed E-state index contributed by atoms with van der Waals surface area (Å²) in [5, 5.41) is 0.426. The minimum absolute atomic E-state index is 0.100. The van der Waals surface area contributed by atoms with Crippen LogP contribution in [0.15, 0.2) is 30.3 Å². The summed E-state index contributed by atoms with van der Waals surface area (Å²) in [6, 6.07) is 6.76. The summed E-state index contributed by atoms with van der Waals surface area (Å²) in [7, 11) is 0. The van der Waals surface area contributed by atoms with Crippen LogP contribution >= 0.6 is 23.2 Å². The standard InChI is InChI=1S/C14H10Cl2FNO2/c1-7-4-8(17)2-3-12(7)20-13-6-11(16)10(15)5-9(13)14(18)19/h2-6H,1H3,(H2,18,19). The first kappa shape index (κ1) is 14.6. The summed E-state index contributed by atoms with van der Waals surface area (Å²) in [6.45, 7) is 1.68. The molecule has 0 saturated carbocycles. The van der Waals surface area contributed by atoms with Gasteiger partial charge in [-0.05, 0) is 36.8 Å². The van der Waals surface area contributed by atoms with Gasteiger partial charge in [-0.1, -0.05) is 23.2 Å². The number of aryl methyl sites for hydroxylation is 1. The highest BCUT2D eigenvalue weighted by Crippen LogP contribution is 2.34. The van der Waals surface area contributed by atoms with Crippen molar-refractivity contribution in [3.63, 3.8) is 0 Å². The summed E-state index contributed by atoms with van der Waals surface area (Å²) in [5.74, 6) is -0.508. The molecule has 0 bridgehead atoms. The Bertz CT molecular complexity index is 689. The molecule has 3 nitrogen and oxygen atoms in total. The molecule has 0 radical (unpaired) electrons. The maximum Gasteiger partial charge on any atom is 0.252 e. The van der Waals surface area contributed by atoms with Gasteiger partial charge in [0.15, 0.2) is 0 Å². The average molecular weight is 314 g/mol. The number of rotatable bonds is 3. The van der Waals surface area contributed by atoms with E-state index in [0.29, 0.717) is 11.3 Å². The molecule has 1 amide bonds. The molecule has 0 spiro atoms. The first-order valence-electron chi connectivity index (χ1n) is 5.61. The van der Waals surface area contributed by atoms with Gasteiger partial charge >= 0.3 is 0 Å². The molecule has 0 aliphatic carbocycles. The molecule has 6 heteroatoms. The van der Waals surface area contributed by atoms with Crippen molar-refractivity contribution in [2.75, 3.05) is 0 Å². The quantitative estimate of drug-likeness (QED) is 0.916. The number of nitrogens with two attached hydrogens (primary N) is 1. The second-order valence-electron chi connectivity index (χ2n) is 4.14. The normalized spacial score (nSPS) is 10.4. The summed E-state index contributed by atoms with van der Waals surface area (Å²) in [5.41, 5.74) is 5.94. The van der Waals surface area contributed by atoms with Crippen LogP contribution in [0.3, 0.4) is 0 Å². The molecule has 0 atom stereocenters. The Morgan fingerprint density at radius 1 is 1.15 bits per heavy atom. The van der Waals surface area contributed by atoms with Crippen molar-refractivity contribution < 1.29 is 13.9 Å². The molecular weight excluding hydrogens is 304 g/mol. The van der Waals surface area contributed by atoms with Gasteiger partial charge in [0.05, 0.1) is 15.6 Å². The highest BCUT2D eigenvalue weighted by molar-refractivity contribution is 6.42. The number of hydrogen-bond donors (Lipinski definition) is 1. The zero-order chi connectivity index (χ0) is 14.9. The van der Waals surface area contributed by atoms with Gasteiger partial charge in [-0.3, -0.25) is 4.79 Å². The third-order valence-electron chi connectivity index (χ3n) is 2.64. The monoisotopic (exact) mass is 313 g/mol. The van der Waals surface area contributed by atoms with Gasteiger partial charge in [-0.15, -0.1) is 0 Å². The second kappa shape index (κ2) is 5.69. The fourth-order valence-electron chi connectivity index (χ4n) is 1.65. The zero-order valence-electron chi connectivity index (χ0n) is 10.4. The van der Waals surface area contributed by atoms with Crippen molar-refractivity contribution in [1.82, 2.24) is 0 Å². The lowest BCUT2D eigenvalue weighted by molar-refractivity contribution is 0.0998. The highest BCUT2D eigenvalue weighted by atomic mass is 35.5. The Labute approximate surface area is 125 Å². The first-order chi connectivity index (χ1) is 9.38. The van der Waals surface area contributed by atoms with Gasteiger partial charge in [-0.25, -0.2) is 4.39 Å². The van der Waals surface area contributed by atoms with Gasteiger partial charge in [0.1, 0.15) is 17.3 Å². The summed E-state index contributed by atoms with van der Waals surface area (Å²) < 4.78 is 18.6. The number of halogens is 3. The molecule has 2 N–H and O–H groups in total. The third-order valence-corrected chi connectivity index (χ3v) is 3.37. The number of ether oxygens (including phenoxy) is 1. The molecule has 0 fully saturated rings. The van der Waals surface area contributed by atoms with Crippen LogP contribution in [0.2, 0.25) is 10.0 Å². The summed E-state index contributed by atoms with van der Waals surface area (Å²) in [4.78, 5) is 11.4. The molecule has 0 aliphatic rings. The second-order valence-corrected chi connectivity index (χ2v) is 4.95. The number of benzene rings is 2. The minimum atomic E-state index is -0.696. The van der Waals surface area contributed by atoms with E-state index in [4.69, 9.17) is 33.7 Å². The summed E-state index contributed by atoms with van der Waals surface area (Å²) in [6.07, 6.45) is 0. The number of carbonyl (C=O) groups is 1. The molecule has 0 aliphatic heterocycles.